The smallest absolute Gasteiger partial charge is 0.324 e. The number of likely N-dealkylation sites (tertiary alicyclic amines) is 1. The van der Waals surface area contributed by atoms with Gasteiger partial charge in [-0.2, -0.15) is 0 Å². The summed E-state index contributed by atoms with van der Waals surface area (Å²) in [5.74, 6) is 0.505. The number of urea groups is 1. The number of carbonyl (C=O) groups excluding carboxylic acids is 1. The van der Waals surface area contributed by atoms with Gasteiger partial charge in [0.25, 0.3) is 5.56 Å². The third kappa shape index (κ3) is 5.56. The molecule has 2 N–H and O–H groups in total. The number of carbonyl (C=O) groups is 1. The average Bonchev–Trinajstić information content (AvgIpc) is 3.69. The highest BCUT2D eigenvalue weighted by atomic mass is 35.5. The fourth-order valence-corrected chi connectivity index (χ4v) is 5.35. The number of imidazole rings is 1. The Labute approximate surface area is 230 Å². The lowest BCUT2D eigenvalue weighted by Crippen LogP contribution is -2.43. The van der Waals surface area contributed by atoms with Gasteiger partial charge in [0.1, 0.15) is 5.69 Å². The molecule has 39 heavy (non-hydrogen) atoms. The van der Waals surface area contributed by atoms with Crippen LogP contribution in [0.4, 0.5) is 10.5 Å². The monoisotopic (exact) mass is 543 g/mol. The first-order chi connectivity index (χ1) is 18.9. The van der Waals surface area contributed by atoms with E-state index in [0.717, 1.165) is 35.2 Å². The summed E-state index contributed by atoms with van der Waals surface area (Å²) in [5.41, 5.74) is 3.43. The van der Waals surface area contributed by atoms with Crippen molar-refractivity contribution in [1.29, 1.82) is 0 Å². The average molecular weight is 544 g/mol. The van der Waals surface area contributed by atoms with Gasteiger partial charge in [-0.25, -0.2) is 9.59 Å². The largest absolute Gasteiger partial charge is 0.326 e. The number of amides is 2. The molecule has 0 radical (unpaired) electrons. The van der Waals surface area contributed by atoms with Gasteiger partial charge in [-0.3, -0.25) is 9.36 Å². The number of rotatable bonds is 6. The number of benzene rings is 2. The van der Waals surface area contributed by atoms with Crippen molar-refractivity contribution >= 4 is 23.3 Å². The van der Waals surface area contributed by atoms with Crippen LogP contribution >= 0.6 is 11.6 Å². The van der Waals surface area contributed by atoms with Crippen LogP contribution in [0, 0.1) is 5.92 Å². The van der Waals surface area contributed by atoms with E-state index < -0.39 is 0 Å². The topological polar surface area (TPSA) is 92.1 Å². The second-order valence-electron chi connectivity index (χ2n) is 10.4. The van der Waals surface area contributed by atoms with E-state index in [1.807, 2.05) is 67.0 Å². The minimum atomic E-state index is -0.303. The zero-order chi connectivity index (χ0) is 26.9. The van der Waals surface area contributed by atoms with Crippen molar-refractivity contribution in [3.8, 4) is 22.4 Å². The van der Waals surface area contributed by atoms with Crippen molar-refractivity contribution in [2.75, 3.05) is 18.4 Å². The number of pyridine rings is 1. The Morgan fingerprint density at radius 3 is 2.31 bits per heavy atom. The number of aromatic amines is 1. The van der Waals surface area contributed by atoms with Crippen LogP contribution in [0.2, 0.25) is 5.02 Å². The van der Waals surface area contributed by atoms with Crippen molar-refractivity contribution in [1.82, 2.24) is 19.0 Å². The summed E-state index contributed by atoms with van der Waals surface area (Å²) in [5, 5.41) is 3.52. The Kier molecular flexibility index (Phi) is 6.87. The zero-order valence-corrected chi connectivity index (χ0v) is 22.2. The Bertz CT molecular complexity index is 1590. The number of piperidine rings is 1. The molecule has 0 atom stereocenters. The first-order valence-electron chi connectivity index (χ1n) is 13.4. The van der Waals surface area contributed by atoms with E-state index in [9.17, 15) is 14.4 Å². The van der Waals surface area contributed by atoms with Crippen LogP contribution in [0.25, 0.3) is 22.4 Å². The molecule has 2 fully saturated rings. The number of H-pyrrole nitrogens is 1. The Hall–Kier alpha value is -4.04. The maximum atomic E-state index is 13.2. The summed E-state index contributed by atoms with van der Waals surface area (Å²) in [6.07, 6.45) is 7.26. The lowest BCUT2D eigenvalue weighted by molar-refractivity contribution is 0.183. The maximum absolute atomic E-state index is 13.2. The number of hydrogen-bond donors (Lipinski definition) is 2. The maximum Gasteiger partial charge on any atom is 0.326 e. The molecule has 6 rings (SSSR count). The van der Waals surface area contributed by atoms with Crippen LogP contribution in [0.3, 0.4) is 0 Å². The Balaban J connectivity index is 1.16. The summed E-state index contributed by atoms with van der Waals surface area (Å²) in [4.78, 5) is 43.8. The number of nitrogens with zero attached hydrogens (tertiary/aromatic N) is 3. The second kappa shape index (κ2) is 10.6. The van der Waals surface area contributed by atoms with Crippen molar-refractivity contribution in [3.63, 3.8) is 0 Å². The molecule has 1 saturated heterocycles. The van der Waals surface area contributed by atoms with Gasteiger partial charge >= 0.3 is 11.7 Å². The summed E-state index contributed by atoms with van der Waals surface area (Å²) in [7, 11) is 0. The predicted molar refractivity (Wildman–Crippen MR) is 153 cm³/mol. The first kappa shape index (κ1) is 25.2. The van der Waals surface area contributed by atoms with Crippen LogP contribution < -0.4 is 16.6 Å². The van der Waals surface area contributed by atoms with Gasteiger partial charge in [-0.1, -0.05) is 54.1 Å². The molecule has 200 valence electrons. The summed E-state index contributed by atoms with van der Waals surface area (Å²) in [6, 6.07) is 18.6. The molecular formula is C30H30ClN5O3. The molecule has 2 aliphatic rings. The molecule has 8 nitrogen and oxygen atoms in total. The molecular weight excluding hydrogens is 514 g/mol. The lowest BCUT2D eigenvalue weighted by Gasteiger charge is -2.32. The second-order valence-corrected chi connectivity index (χ2v) is 10.9. The van der Waals surface area contributed by atoms with E-state index in [1.165, 1.54) is 0 Å². The van der Waals surface area contributed by atoms with Crippen molar-refractivity contribution in [3.05, 3.63) is 98.9 Å². The van der Waals surface area contributed by atoms with E-state index in [0.29, 0.717) is 43.4 Å². The number of nitrogens with one attached hydrogen (secondary N) is 2. The lowest BCUT2D eigenvalue weighted by atomic mass is 10.1. The minimum Gasteiger partial charge on any atom is -0.324 e. The third-order valence-corrected chi connectivity index (χ3v) is 7.88. The molecule has 4 aromatic rings. The van der Waals surface area contributed by atoms with Gasteiger partial charge in [0, 0.05) is 48.7 Å². The third-order valence-electron chi connectivity index (χ3n) is 7.63. The van der Waals surface area contributed by atoms with Gasteiger partial charge in [-0.05, 0) is 60.9 Å². The molecule has 0 unspecified atom stereocenters. The highest BCUT2D eigenvalue weighted by Crippen LogP contribution is 2.31. The van der Waals surface area contributed by atoms with Crippen molar-refractivity contribution < 1.29 is 4.79 Å². The van der Waals surface area contributed by atoms with E-state index in [4.69, 9.17) is 11.6 Å². The van der Waals surface area contributed by atoms with Gasteiger partial charge in [0.2, 0.25) is 0 Å². The number of aromatic nitrogens is 3. The highest BCUT2D eigenvalue weighted by Gasteiger charge is 2.27. The molecule has 0 bridgehead atoms. The summed E-state index contributed by atoms with van der Waals surface area (Å²) >= 11 is 6.07. The normalized spacial score (nSPS) is 15.9. The Morgan fingerprint density at radius 2 is 1.62 bits per heavy atom. The Morgan fingerprint density at radius 1 is 0.897 bits per heavy atom. The van der Waals surface area contributed by atoms with E-state index >= 15 is 0 Å². The van der Waals surface area contributed by atoms with E-state index in [1.54, 1.807) is 20.1 Å². The number of halogens is 1. The van der Waals surface area contributed by atoms with Gasteiger partial charge in [0.05, 0.1) is 5.69 Å². The van der Waals surface area contributed by atoms with Gasteiger partial charge in [-0.15, -0.1) is 0 Å². The van der Waals surface area contributed by atoms with E-state index in [-0.39, 0.29) is 29.0 Å². The quantitative estimate of drug-likeness (QED) is 0.331. The van der Waals surface area contributed by atoms with Crippen LogP contribution in [0.5, 0.6) is 0 Å². The van der Waals surface area contributed by atoms with E-state index in [2.05, 4.69) is 10.3 Å². The van der Waals surface area contributed by atoms with Gasteiger partial charge < -0.3 is 19.8 Å². The molecule has 2 aromatic carbocycles. The molecule has 1 saturated carbocycles. The zero-order valence-electron chi connectivity index (χ0n) is 21.5. The molecule has 2 amide bonds. The minimum absolute atomic E-state index is 0.000681. The molecule has 3 heterocycles. The predicted octanol–water partition coefficient (Wildman–Crippen LogP) is 5.60. The number of hydrogen-bond acceptors (Lipinski definition) is 3. The summed E-state index contributed by atoms with van der Waals surface area (Å²) in [6.45, 7) is 1.62. The van der Waals surface area contributed by atoms with Crippen LogP contribution in [-0.2, 0) is 6.54 Å². The molecule has 0 spiro atoms. The van der Waals surface area contributed by atoms with Crippen LogP contribution in [0.1, 0.15) is 31.7 Å². The molecule has 9 heteroatoms. The molecule has 1 aliphatic heterocycles. The van der Waals surface area contributed by atoms with Crippen molar-refractivity contribution in [2.45, 2.75) is 38.3 Å². The van der Waals surface area contributed by atoms with Gasteiger partial charge in [0.15, 0.2) is 0 Å². The molecule has 1 aliphatic carbocycles. The van der Waals surface area contributed by atoms with Crippen molar-refractivity contribution in [2.24, 2.45) is 5.92 Å². The fourth-order valence-electron chi connectivity index (χ4n) is 5.23. The van der Waals surface area contributed by atoms with Crippen LogP contribution in [-0.4, -0.2) is 38.1 Å². The first-order valence-corrected chi connectivity index (χ1v) is 13.8. The van der Waals surface area contributed by atoms with Crippen LogP contribution in [0.15, 0.2) is 82.6 Å². The SMILES string of the molecule is O=C(Nc1cc(-c2ccc(Cl)cc2)cn(CC2CC2)c1=O)N1CCC(n2cc(-c3ccccc3)[nH]c2=O)CC1. The summed E-state index contributed by atoms with van der Waals surface area (Å²) < 4.78 is 3.45. The number of anilines is 1. The fraction of sp³-hybridized carbons (Fsp3) is 0.300. The standard InChI is InChI=1S/C30H30ClN5O3/c31-24-10-8-21(9-11-24)23-16-26(28(37)35(18-23)17-20-6-7-20)32-29(38)34-14-12-25(13-15-34)36-19-27(33-30(36)39)22-4-2-1-3-5-22/h1-5,8-11,16,18-20,25H,6-7,12-15,17H2,(H,32,38)(H,33,39). The highest BCUT2D eigenvalue weighted by molar-refractivity contribution is 6.30. The molecule has 2 aromatic heterocycles.